The van der Waals surface area contributed by atoms with Crippen LogP contribution in [0.1, 0.15) is 19.8 Å². The quantitative estimate of drug-likeness (QED) is 0.483. The molecule has 1 heterocycles. The maximum absolute atomic E-state index is 10.5. The first kappa shape index (κ1) is 11.4. The van der Waals surface area contributed by atoms with Crippen LogP contribution < -0.4 is 5.73 Å². The summed E-state index contributed by atoms with van der Waals surface area (Å²) in [6, 6.07) is 0. The van der Waals surface area contributed by atoms with Gasteiger partial charge in [0.15, 0.2) is 0 Å². The fourth-order valence-corrected chi connectivity index (χ4v) is 1.34. The number of primary amides is 1. The second-order valence-electron chi connectivity index (χ2n) is 3.79. The Morgan fingerprint density at radius 3 is 2.57 bits per heavy atom. The molecule has 4 unspecified atom stereocenters. The lowest BCUT2D eigenvalue weighted by Crippen LogP contribution is -2.31. The minimum Gasteiger partial charge on any atom is -0.393 e. The molecule has 1 fully saturated rings. The van der Waals surface area contributed by atoms with Crippen LogP contribution in [-0.4, -0.2) is 41.0 Å². The molecular weight excluding hydrogens is 186 g/mol. The van der Waals surface area contributed by atoms with Gasteiger partial charge in [-0.2, -0.15) is 0 Å². The molecule has 82 valence electrons. The van der Waals surface area contributed by atoms with Crippen molar-refractivity contribution in [1.29, 1.82) is 0 Å². The smallest absolute Gasteiger partial charge is 0.246 e. The maximum Gasteiger partial charge on any atom is 0.246 e. The van der Waals surface area contributed by atoms with Crippen molar-refractivity contribution in [1.82, 2.24) is 0 Å². The number of ether oxygens (including phenoxy) is 1. The van der Waals surface area contributed by atoms with Gasteiger partial charge in [0.2, 0.25) is 5.91 Å². The highest BCUT2D eigenvalue weighted by Crippen LogP contribution is 2.24. The Morgan fingerprint density at radius 2 is 2.14 bits per heavy atom. The fourth-order valence-electron chi connectivity index (χ4n) is 1.34. The van der Waals surface area contributed by atoms with E-state index in [0.717, 1.165) is 0 Å². The van der Waals surface area contributed by atoms with Crippen molar-refractivity contribution in [3.8, 4) is 0 Å². The van der Waals surface area contributed by atoms with E-state index in [-0.39, 0.29) is 18.4 Å². The monoisotopic (exact) mass is 203 g/mol. The molecule has 14 heavy (non-hydrogen) atoms. The van der Waals surface area contributed by atoms with Gasteiger partial charge in [-0.25, -0.2) is 0 Å². The van der Waals surface area contributed by atoms with E-state index in [4.69, 9.17) is 15.6 Å². The van der Waals surface area contributed by atoms with Crippen molar-refractivity contribution < 1.29 is 19.7 Å². The van der Waals surface area contributed by atoms with Crippen LogP contribution in [0.4, 0.5) is 0 Å². The molecule has 0 aromatic heterocycles. The summed E-state index contributed by atoms with van der Waals surface area (Å²) in [6.07, 6.45) is -0.997. The van der Waals surface area contributed by atoms with Gasteiger partial charge in [-0.1, -0.05) is 6.92 Å². The Balaban J connectivity index is 2.19. The molecular formula is C9H17NO4. The number of hydrogen-bond acceptors (Lipinski definition) is 4. The Hall–Kier alpha value is -0.650. The minimum atomic E-state index is -1.16. The van der Waals surface area contributed by atoms with Crippen molar-refractivity contribution in [3.05, 3.63) is 0 Å². The number of epoxide rings is 1. The Bertz CT molecular complexity index is 205. The first-order valence-electron chi connectivity index (χ1n) is 4.79. The molecule has 0 bridgehead atoms. The Kier molecular flexibility index (Phi) is 3.86. The molecule has 5 heteroatoms. The highest BCUT2D eigenvalue weighted by molar-refractivity contribution is 5.78. The largest absolute Gasteiger partial charge is 0.393 e. The molecule has 1 amide bonds. The second-order valence-corrected chi connectivity index (χ2v) is 3.79. The number of aliphatic hydroxyl groups excluding tert-OH is 2. The first-order valence-corrected chi connectivity index (χ1v) is 4.79. The molecule has 0 saturated carbocycles. The first-order chi connectivity index (χ1) is 6.52. The molecule has 0 aromatic carbocycles. The van der Waals surface area contributed by atoms with E-state index in [1.807, 2.05) is 6.92 Å². The lowest BCUT2D eigenvalue weighted by atomic mass is 9.96. The number of amides is 1. The molecule has 4 N–H and O–H groups in total. The van der Waals surface area contributed by atoms with Gasteiger partial charge >= 0.3 is 0 Å². The number of carbonyl (C=O) groups excluding carboxylic acids is 1. The number of nitrogens with two attached hydrogens (primary N) is 1. The molecule has 0 aliphatic carbocycles. The summed E-state index contributed by atoms with van der Waals surface area (Å²) < 4.78 is 5.03. The Morgan fingerprint density at radius 1 is 1.57 bits per heavy atom. The minimum absolute atomic E-state index is 0.0510. The molecule has 0 aromatic rings. The molecule has 0 spiro atoms. The standard InChI is InChI=1S/C9H17NO4/c1-5(8-4-14-8)6(11)2-3-7(12)9(10)13/h5-8,11-12H,2-4H2,1H3,(H2,10,13). The van der Waals surface area contributed by atoms with Crippen molar-refractivity contribution in [2.75, 3.05) is 6.61 Å². The molecule has 1 saturated heterocycles. The lowest BCUT2D eigenvalue weighted by molar-refractivity contribution is -0.126. The van der Waals surface area contributed by atoms with Crippen molar-refractivity contribution >= 4 is 5.91 Å². The van der Waals surface area contributed by atoms with Crippen LogP contribution in [0.15, 0.2) is 0 Å². The van der Waals surface area contributed by atoms with E-state index in [1.54, 1.807) is 0 Å². The predicted octanol–water partition coefficient (Wildman–Crippen LogP) is -0.991. The molecule has 1 aliphatic rings. The van der Waals surface area contributed by atoms with Crippen molar-refractivity contribution in [2.45, 2.75) is 38.1 Å². The van der Waals surface area contributed by atoms with Gasteiger partial charge in [0.1, 0.15) is 6.10 Å². The van der Waals surface area contributed by atoms with Crippen LogP contribution in [0.2, 0.25) is 0 Å². The van der Waals surface area contributed by atoms with Crippen LogP contribution in [0.3, 0.4) is 0 Å². The zero-order chi connectivity index (χ0) is 10.7. The third-order valence-corrected chi connectivity index (χ3v) is 2.62. The zero-order valence-electron chi connectivity index (χ0n) is 8.22. The normalized spacial score (nSPS) is 26.6. The molecule has 0 radical (unpaired) electrons. The summed E-state index contributed by atoms with van der Waals surface area (Å²) in [5.74, 6) is -0.692. The molecule has 5 nitrogen and oxygen atoms in total. The molecule has 1 rings (SSSR count). The van der Waals surface area contributed by atoms with E-state index >= 15 is 0 Å². The van der Waals surface area contributed by atoms with Crippen LogP contribution in [-0.2, 0) is 9.53 Å². The number of aliphatic hydroxyl groups is 2. The van der Waals surface area contributed by atoms with Gasteiger partial charge in [-0.15, -0.1) is 0 Å². The van der Waals surface area contributed by atoms with Gasteiger partial charge in [0.25, 0.3) is 0 Å². The highest BCUT2D eigenvalue weighted by atomic mass is 16.6. The Labute approximate surface area is 82.9 Å². The highest BCUT2D eigenvalue weighted by Gasteiger charge is 2.34. The third-order valence-electron chi connectivity index (χ3n) is 2.62. The van der Waals surface area contributed by atoms with E-state index in [9.17, 15) is 9.90 Å². The molecule has 1 aliphatic heterocycles. The topological polar surface area (TPSA) is 96.1 Å². The van der Waals surface area contributed by atoms with Gasteiger partial charge in [0, 0.05) is 5.92 Å². The zero-order valence-corrected chi connectivity index (χ0v) is 8.22. The van der Waals surface area contributed by atoms with Gasteiger partial charge in [0.05, 0.1) is 18.8 Å². The maximum atomic E-state index is 10.5. The van der Waals surface area contributed by atoms with Crippen LogP contribution in [0.5, 0.6) is 0 Å². The average Bonchev–Trinajstić information content (AvgIpc) is 2.95. The van der Waals surface area contributed by atoms with Crippen LogP contribution >= 0.6 is 0 Å². The summed E-state index contributed by atoms with van der Waals surface area (Å²) in [4.78, 5) is 10.5. The summed E-state index contributed by atoms with van der Waals surface area (Å²) >= 11 is 0. The summed E-state index contributed by atoms with van der Waals surface area (Å²) in [5.41, 5.74) is 4.88. The molecule has 4 atom stereocenters. The van der Waals surface area contributed by atoms with E-state index in [0.29, 0.717) is 13.0 Å². The average molecular weight is 203 g/mol. The van der Waals surface area contributed by atoms with Crippen LogP contribution in [0.25, 0.3) is 0 Å². The van der Waals surface area contributed by atoms with Gasteiger partial charge < -0.3 is 20.7 Å². The number of rotatable bonds is 6. The second kappa shape index (κ2) is 4.72. The van der Waals surface area contributed by atoms with Gasteiger partial charge in [-0.3, -0.25) is 4.79 Å². The SMILES string of the molecule is CC(C(O)CCC(O)C(N)=O)C1CO1. The van der Waals surface area contributed by atoms with E-state index in [2.05, 4.69) is 0 Å². The number of hydrogen-bond donors (Lipinski definition) is 3. The summed E-state index contributed by atoms with van der Waals surface area (Å²) in [6.45, 7) is 2.58. The van der Waals surface area contributed by atoms with Crippen molar-refractivity contribution in [3.63, 3.8) is 0 Å². The predicted molar refractivity (Wildman–Crippen MR) is 49.3 cm³/mol. The summed E-state index contributed by atoms with van der Waals surface area (Å²) in [5, 5.41) is 18.7. The van der Waals surface area contributed by atoms with Crippen molar-refractivity contribution in [2.24, 2.45) is 11.7 Å². The van der Waals surface area contributed by atoms with E-state index in [1.165, 1.54) is 0 Å². The van der Waals surface area contributed by atoms with Crippen LogP contribution in [0, 0.1) is 5.92 Å². The lowest BCUT2D eigenvalue weighted by Gasteiger charge is -2.17. The van der Waals surface area contributed by atoms with E-state index < -0.39 is 18.1 Å². The summed E-state index contributed by atoms with van der Waals surface area (Å²) in [7, 11) is 0. The van der Waals surface area contributed by atoms with Gasteiger partial charge in [-0.05, 0) is 12.8 Å². The number of carbonyl (C=O) groups is 1. The fraction of sp³-hybridized carbons (Fsp3) is 0.889. The third kappa shape index (κ3) is 3.25.